The molecular formula is C22H25F3O5. The van der Waals surface area contributed by atoms with Crippen molar-refractivity contribution in [1.82, 2.24) is 0 Å². The van der Waals surface area contributed by atoms with Crippen molar-refractivity contribution >= 4 is 11.6 Å². The summed E-state index contributed by atoms with van der Waals surface area (Å²) in [5, 5.41) is 31.7. The highest BCUT2D eigenvalue weighted by Gasteiger charge is 2.76. The summed E-state index contributed by atoms with van der Waals surface area (Å²) in [5.74, 6) is -5.27. The zero-order chi connectivity index (χ0) is 22.4. The molecule has 5 nitrogen and oxygen atoms in total. The van der Waals surface area contributed by atoms with Gasteiger partial charge in [0.15, 0.2) is 22.9 Å². The monoisotopic (exact) mass is 426 g/mol. The average Bonchev–Trinajstić information content (AvgIpc) is 2.88. The molecule has 3 N–H and O–H groups in total. The maximum Gasteiger partial charge on any atom is 0.213 e. The summed E-state index contributed by atoms with van der Waals surface area (Å²) >= 11 is 0. The van der Waals surface area contributed by atoms with Crippen LogP contribution in [0.25, 0.3) is 0 Å². The minimum atomic E-state index is -2.53. The number of aliphatic hydroxyl groups excluding tert-OH is 2. The van der Waals surface area contributed by atoms with Crippen molar-refractivity contribution in [2.75, 3.05) is 6.61 Å². The summed E-state index contributed by atoms with van der Waals surface area (Å²) < 4.78 is 46.7. The van der Waals surface area contributed by atoms with Gasteiger partial charge in [-0.25, -0.2) is 13.2 Å². The van der Waals surface area contributed by atoms with Crippen LogP contribution in [-0.2, 0) is 9.59 Å². The van der Waals surface area contributed by atoms with E-state index < -0.39 is 82.2 Å². The van der Waals surface area contributed by atoms with Crippen molar-refractivity contribution < 1.29 is 38.1 Å². The molecule has 0 aromatic carbocycles. The van der Waals surface area contributed by atoms with Crippen molar-refractivity contribution in [3.05, 3.63) is 35.7 Å². The first-order chi connectivity index (χ1) is 13.8. The Morgan fingerprint density at radius 2 is 1.97 bits per heavy atom. The van der Waals surface area contributed by atoms with Gasteiger partial charge in [-0.1, -0.05) is 19.6 Å². The van der Waals surface area contributed by atoms with E-state index in [2.05, 4.69) is 6.58 Å². The van der Waals surface area contributed by atoms with Crippen LogP contribution >= 0.6 is 0 Å². The van der Waals surface area contributed by atoms with Gasteiger partial charge in [0, 0.05) is 22.3 Å². The standard InChI is InChI=1S/C22H25F3O5/c1-10-6-11-12-7-13(23)17-18(24)14(27)4-5-19(17,2)21(12,25)15(28)8-20(11,3)22(10,30)16(29)9-26/h4-5,11-13,15,26,28,30H,1,6-9H2,2-3H3/t11-,12-,13-,15-,19-,20-,21-,22-/m0/s1. The van der Waals surface area contributed by atoms with E-state index in [1.807, 2.05) is 0 Å². The van der Waals surface area contributed by atoms with Crippen molar-refractivity contribution in [2.24, 2.45) is 22.7 Å². The molecule has 0 heterocycles. The number of ketones is 2. The number of Topliss-reactive ketones (excluding diaryl/α,β-unsaturated/α-hetero) is 1. The van der Waals surface area contributed by atoms with E-state index in [9.17, 15) is 29.3 Å². The van der Waals surface area contributed by atoms with E-state index in [1.54, 1.807) is 0 Å². The van der Waals surface area contributed by atoms with Crippen LogP contribution in [0.5, 0.6) is 0 Å². The van der Waals surface area contributed by atoms with Crippen LogP contribution < -0.4 is 0 Å². The van der Waals surface area contributed by atoms with Gasteiger partial charge in [-0.05, 0) is 43.8 Å². The SMILES string of the molecule is C=C1C[C@H]2[C@@H]3C[C@H](F)C4=C(F)C(=O)C=C[C@]4(C)[C@@]3(F)[C@@H](O)C[C@]2(C)[C@@]1(O)C(=O)CO. The molecule has 164 valence electrons. The second-order valence-electron chi connectivity index (χ2n) is 9.55. The topological polar surface area (TPSA) is 94.8 Å². The Morgan fingerprint density at radius 1 is 1.33 bits per heavy atom. The molecule has 0 spiro atoms. The quantitative estimate of drug-likeness (QED) is 0.588. The molecule has 3 saturated carbocycles. The molecule has 0 bridgehead atoms. The van der Waals surface area contributed by atoms with E-state index in [1.165, 1.54) is 13.8 Å². The maximum absolute atomic E-state index is 16.8. The van der Waals surface area contributed by atoms with E-state index in [0.717, 1.165) is 12.2 Å². The Morgan fingerprint density at radius 3 is 2.57 bits per heavy atom. The van der Waals surface area contributed by atoms with Gasteiger partial charge in [0.2, 0.25) is 5.78 Å². The van der Waals surface area contributed by atoms with Crippen molar-refractivity contribution in [2.45, 2.75) is 56.7 Å². The predicted molar refractivity (Wildman–Crippen MR) is 100 cm³/mol. The Labute approximate surface area is 172 Å². The van der Waals surface area contributed by atoms with Gasteiger partial charge in [0.1, 0.15) is 12.8 Å². The lowest BCUT2D eigenvalue weighted by Crippen LogP contribution is -2.70. The number of aliphatic hydroxyl groups is 3. The summed E-state index contributed by atoms with van der Waals surface area (Å²) in [6, 6.07) is 0. The molecule has 0 aromatic rings. The highest BCUT2D eigenvalue weighted by atomic mass is 19.2. The van der Waals surface area contributed by atoms with Gasteiger partial charge in [-0.2, -0.15) is 0 Å². The van der Waals surface area contributed by atoms with E-state index >= 15 is 8.78 Å². The molecule has 4 aliphatic carbocycles. The molecule has 4 rings (SSSR count). The van der Waals surface area contributed by atoms with Gasteiger partial charge < -0.3 is 15.3 Å². The summed E-state index contributed by atoms with van der Waals surface area (Å²) in [5.41, 5.74) is -8.55. The molecule has 0 saturated heterocycles. The van der Waals surface area contributed by atoms with Gasteiger partial charge >= 0.3 is 0 Å². The maximum atomic E-state index is 16.8. The van der Waals surface area contributed by atoms with Crippen molar-refractivity contribution in [3.8, 4) is 0 Å². The number of alkyl halides is 2. The minimum Gasteiger partial charge on any atom is -0.390 e. The number of halogens is 3. The van der Waals surface area contributed by atoms with E-state index in [0.29, 0.717) is 0 Å². The molecule has 0 aromatic heterocycles. The second-order valence-corrected chi connectivity index (χ2v) is 9.55. The first-order valence-corrected chi connectivity index (χ1v) is 10.00. The van der Waals surface area contributed by atoms with E-state index in [-0.39, 0.29) is 18.4 Å². The van der Waals surface area contributed by atoms with Crippen LogP contribution in [0, 0.1) is 22.7 Å². The lowest BCUT2D eigenvalue weighted by atomic mass is 9.44. The van der Waals surface area contributed by atoms with Crippen LogP contribution in [0.3, 0.4) is 0 Å². The number of carbonyl (C=O) groups excluding carboxylic acids is 2. The number of rotatable bonds is 2. The van der Waals surface area contributed by atoms with Crippen LogP contribution in [0.1, 0.15) is 33.1 Å². The zero-order valence-electron chi connectivity index (χ0n) is 16.8. The molecule has 8 atom stereocenters. The normalized spacial score (nSPS) is 50.3. The highest BCUT2D eigenvalue weighted by Crippen LogP contribution is 2.71. The first kappa shape index (κ1) is 21.5. The number of fused-ring (bicyclic) bond motifs is 5. The lowest BCUT2D eigenvalue weighted by Gasteiger charge is -2.62. The van der Waals surface area contributed by atoms with Gasteiger partial charge in [-0.15, -0.1) is 0 Å². The highest BCUT2D eigenvalue weighted by molar-refractivity contribution is 6.04. The smallest absolute Gasteiger partial charge is 0.213 e. The number of hydrogen-bond acceptors (Lipinski definition) is 5. The fourth-order valence-corrected chi connectivity index (χ4v) is 6.89. The van der Waals surface area contributed by atoms with Crippen molar-refractivity contribution in [1.29, 1.82) is 0 Å². The lowest BCUT2D eigenvalue weighted by molar-refractivity contribution is -0.220. The fraction of sp³-hybridized carbons (Fsp3) is 0.636. The van der Waals surface area contributed by atoms with Crippen LogP contribution in [0.15, 0.2) is 35.7 Å². The van der Waals surface area contributed by atoms with Gasteiger partial charge in [0.05, 0.1) is 6.10 Å². The summed E-state index contributed by atoms with van der Waals surface area (Å²) in [7, 11) is 0. The third-order valence-corrected chi connectivity index (χ3v) is 8.45. The van der Waals surface area contributed by atoms with Gasteiger partial charge in [-0.3, -0.25) is 9.59 Å². The molecule has 4 aliphatic rings. The number of hydrogen-bond donors (Lipinski definition) is 3. The third kappa shape index (κ3) is 2.10. The molecule has 0 aliphatic heterocycles. The number of carbonyl (C=O) groups is 2. The largest absolute Gasteiger partial charge is 0.390 e. The zero-order valence-corrected chi connectivity index (χ0v) is 16.8. The minimum absolute atomic E-state index is 0.00519. The average molecular weight is 426 g/mol. The molecule has 8 heteroatoms. The van der Waals surface area contributed by atoms with Crippen LogP contribution in [0.2, 0.25) is 0 Å². The molecule has 0 amide bonds. The predicted octanol–water partition coefficient (Wildman–Crippen LogP) is 2.06. The fourth-order valence-electron chi connectivity index (χ4n) is 6.89. The van der Waals surface area contributed by atoms with Crippen LogP contribution in [-0.4, -0.2) is 57.0 Å². The van der Waals surface area contributed by atoms with Crippen molar-refractivity contribution in [3.63, 3.8) is 0 Å². The molecular weight excluding hydrogens is 401 g/mol. The van der Waals surface area contributed by atoms with Crippen LogP contribution in [0.4, 0.5) is 13.2 Å². The Balaban J connectivity index is 1.90. The summed E-state index contributed by atoms with van der Waals surface area (Å²) in [4.78, 5) is 24.2. The summed E-state index contributed by atoms with van der Waals surface area (Å²) in [6.45, 7) is 5.57. The second kappa shape index (κ2) is 6.14. The molecule has 30 heavy (non-hydrogen) atoms. The molecule has 0 radical (unpaired) electrons. The van der Waals surface area contributed by atoms with E-state index in [4.69, 9.17) is 0 Å². The third-order valence-electron chi connectivity index (χ3n) is 8.45. The molecule has 3 fully saturated rings. The number of allylic oxidation sites excluding steroid dienone is 4. The van der Waals surface area contributed by atoms with Gasteiger partial charge in [0.25, 0.3) is 0 Å². The Kier molecular flexibility index (Phi) is 4.39. The first-order valence-electron chi connectivity index (χ1n) is 10.00. The Hall–Kier alpha value is -1.77. The molecule has 0 unspecified atom stereocenters. The Bertz CT molecular complexity index is 928. The summed E-state index contributed by atoms with van der Waals surface area (Å²) in [6.07, 6.45) is -2.68.